The Morgan fingerprint density at radius 1 is 0.957 bits per heavy atom. The van der Waals surface area contributed by atoms with Gasteiger partial charge in [0.25, 0.3) is 0 Å². The summed E-state index contributed by atoms with van der Waals surface area (Å²) >= 11 is 0. The zero-order valence-corrected chi connectivity index (χ0v) is 35.0. The van der Waals surface area contributed by atoms with Crippen LogP contribution < -0.4 is 0 Å². The first kappa shape index (κ1) is 40.9. The molecular formula is C38H70O6SSi2. The van der Waals surface area contributed by atoms with Crippen LogP contribution >= 0.6 is 0 Å². The van der Waals surface area contributed by atoms with Gasteiger partial charge in [-0.05, 0) is 146 Å². The molecule has 1 aromatic rings. The van der Waals surface area contributed by atoms with Crippen LogP contribution in [0.15, 0.2) is 35.2 Å². The maximum absolute atomic E-state index is 14.7. The van der Waals surface area contributed by atoms with Crippen LogP contribution in [0.25, 0.3) is 0 Å². The van der Waals surface area contributed by atoms with E-state index in [4.69, 9.17) is 8.85 Å². The molecule has 2 saturated carbocycles. The van der Waals surface area contributed by atoms with Gasteiger partial charge in [-0.2, -0.15) is 0 Å². The van der Waals surface area contributed by atoms with Crippen LogP contribution in [0.5, 0.6) is 0 Å². The highest BCUT2D eigenvalue weighted by molar-refractivity contribution is 7.92. The highest BCUT2D eigenvalue weighted by atomic mass is 32.2. The van der Waals surface area contributed by atoms with Crippen molar-refractivity contribution in [1.29, 1.82) is 0 Å². The summed E-state index contributed by atoms with van der Waals surface area (Å²) in [5.74, 6) is 0.363. The zero-order valence-electron chi connectivity index (χ0n) is 32.2. The average molecular weight is 711 g/mol. The molecule has 3 rings (SSSR count). The van der Waals surface area contributed by atoms with Crippen molar-refractivity contribution in [1.82, 2.24) is 0 Å². The van der Waals surface area contributed by atoms with Crippen LogP contribution in [0.2, 0.25) is 37.8 Å². The summed E-state index contributed by atoms with van der Waals surface area (Å²) in [6.07, 6.45) is 6.62. The second-order valence-corrected chi connectivity index (χ2v) is 30.3. The smallest absolute Gasteiger partial charge is 0.192 e. The lowest BCUT2D eigenvalue weighted by molar-refractivity contribution is -0.0583. The van der Waals surface area contributed by atoms with Crippen LogP contribution in [0.1, 0.15) is 113 Å². The molecule has 0 spiro atoms. The van der Waals surface area contributed by atoms with Crippen molar-refractivity contribution in [3.8, 4) is 0 Å². The van der Waals surface area contributed by atoms with E-state index in [1.54, 1.807) is 38.1 Å². The van der Waals surface area contributed by atoms with Crippen molar-refractivity contribution in [3.05, 3.63) is 30.3 Å². The monoisotopic (exact) mass is 710 g/mol. The van der Waals surface area contributed by atoms with Gasteiger partial charge in [0.15, 0.2) is 26.5 Å². The fraction of sp³-hybridized carbons (Fsp3) is 0.842. The molecule has 0 heterocycles. The van der Waals surface area contributed by atoms with E-state index < -0.39 is 43.4 Å². The Kier molecular flexibility index (Phi) is 12.7. The molecule has 47 heavy (non-hydrogen) atoms. The minimum Gasteiger partial charge on any atom is -0.414 e. The number of aliphatic hydroxyl groups excluding tert-OH is 1. The first-order chi connectivity index (χ1) is 21.2. The standard InChI is InChI=1S/C38H70O6SSi2/c1-35(2,3)47(12,13)43-32-22-18-26-38(8)30(23-24-31(32)38)29(21-17-25-36(4,5)44-46(9,10)11)33(27-34(39)37(6,7)40)45(41,42)28-19-15-14-16-20-28/h14-16,19-20,29-34,39-40H,17-18,21-27H2,1-13H3/t29-,30?,31?,32+,33?,34?,38-/m1/s1. The first-order valence-electron chi connectivity index (χ1n) is 18.3. The molecule has 0 aromatic heterocycles. The second kappa shape index (κ2) is 14.6. The normalized spacial score (nSPS) is 26.9. The van der Waals surface area contributed by atoms with Gasteiger partial charge in [-0.3, -0.25) is 0 Å². The van der Waals surface area contributed by atoms with Crippen molar-refractivity contribution >= 4 is 26.5 Å². The van der Waals surface area contributed by atoms with E-state index in [1.165, 1.54) is 0 Å². The van der Waals surface area contributed by atoms with Crippen molar-refractivity contribution in [3.63, 3.8) is 0 Å². The average Bonchev–Trinajstić information content (AvgIpc) is 3.25. The molecule has 0 radical (unpaired) electrons. The Bertz CT molecular complexity index is 1260. The predicted molar refractivity (Wildman–Crippen MR) is 200 cm³/mol. The molecule has 0 bridgehead atoms. The van der Waals surface area contributed by atoms with Gasteiger partial charge in [-0.1, -0.05) is 58.7 Å². The molecule has 1 aromatic carbocycles. The fourth-order valence-corrected chi connectivity index (χ4v) is 13.9. The third kappa shape index (κ3) is 10.0. The maximum atomic E-state index is 14.7. The second-order valence-electron chi connectivity index (χ2n) is 18.9. The fourth-order valence-electron chi connectivity index (χ4n) is 8.67. The number of sulfone groups is 1. The topological polar surface area (TPSA) is 93.1 Å². The van der Waals surface area contributed by atoms with E-state index in [0.29, 0.717) is 10.8 Å². The van der Waals surface area contributed by atoms with E-state index >= 15 is 0 Å². The number of benzene rings is 1. The van der Waals surface area contributed by atoms with Gasteiger partial charge in [0.2, 0.25) is 0 Å². The largest absolute Gasteiger partial charge is 0.414 e. The third-order valence-electron chi connectivity index (χ3n) is 12.0. The molecule has 2 aliphatic carbocycles. The summed E-state index contributed by atoms with van der Waals surface area (Å²) in [5.41, 5.74) is -1.79. The van der Waals surface area contributed by atoms with Gasteiger partial charge in [0.05, 0.1) is 27.5 Å². The number of fused-ring (bicyclic) bond motifs is 1. The number of aliphatic hydroxyl groups is 2. The minimum atomic E-state index is -3.83. The van der Waals surface area contributed by atoms with Crippen LogP contribution in [0.3, 0.4) is 0 Å². The highest BCUT2D eigenvalue weighted by Gasteiger charge is 2.57. The Balaban J connectivity index is 2.09. The number of hydrogen-bond donors (Lipinski definition) is 2. The summed E-state index contributed by atoms with van der Waals surface area (Å²) in [5, 5.41) is 21.5. The lowest BCUT2D eigenvalue weighted by atomic mass is 9.60. The molecule has 7 atom stereocenters. The summed E-state index contributed by atoms with van der Waals surface area (Å²) in [6.45, 7) is 28.1. The Morgan fingerprint density at radius 2 is 1.55 bits per heavy atom. The molecule has 272 valence electrons. The van der Waals surface area contributed by atoms with Gasteiger partial charge < -0.3 is 19.1 Å². The summed E-state index contributed by atoms with van der Waals surface area (Å²) in [4.78, 5) is 0.294. The van der Waals surface area contributed by atoms with E-state index in [1.807, 2.05) is 6.07 Å². The van der Waals surface area contributed by atoms with Crippen LogP contribution in [0, 0.1) is 23.2 Å². The highest BCUT2D eigenvalue weighted by Crippen LogP contribution is 2.61. The molecule has 0 aliphatic heterocycles. The lowest BCUT2D eigenvalue weighted by Gasteiger charge is -2.51. The van der Waals surface area contributed by atoms with E-state index in [0.717, 1.165) is 51.4 Å². The lowest BCUT2D eigenvalue weighted by Crippen LogP contribution is -2.51. The summed E-state index contributed by atoms with van der Waals surface area (Å²) in [6, 6.07) is 8.76. The maximum Gasteiger partial charge on any atom is 0.192 e. The molecule has 0 amide bonds. The minimum absolute atomic E-state index is 0.00133. The van der Waals surface area contributed by atoms with Crippen molar-refractivity contribution in [2.75, 3.05) is 0 Å². The van der Waals surface area contributed by atoms with Crippen LogP contribution in [-0.2, 0) is 18.7 Å². The Morgan fingerprint density at radius 3 is 2.09 bits per heavy atom. The van der Waals surface area contributed by atoms with Crippen molar-refractivity contribution in [2.45, 2.75) is 185 Å². The third-order valence-corrected chi connectivity index (χ3v) is 20.0. The van der Waals surface area contributed by atoms with Gasteiger partial charge in [0.1, 0.15) is 0 Å². The van der Waals surface area contributed by atoms with E-state index in [-0.39, 0.29) is 40.4 Å². The predicted octanol–water partition coefficient (Wildman–Crippen LogP) is 9.37. The Hall–Kier alpha value is -0.556. The quantitative estimate of drug-likeness (QED) is 0.176. The number of rotatable bonds is 15. The molecule has 2 N–H and O–H groups in total. The Labute approximate surface area is 291 Å². The first-order valence-corrected chi connectivity index (χ1v) is 26.1. The molecule has 2 aliphatic rings. The summed E-state index contributed by atoms with van der Waals surface area (Å²) < 4.78 is 43.2. The van der Waals surface area contributed by atoms with Gasteiger partial charge >= 0.3 is 0 Å². The number of hydrogen-bond acceptors (Lipinski definition) is 6. The van der Waals surface area contributed by atoms with Crippen molar-refractivity contribution in [2.24, 2.45) is 23.2 Å². The SMILES string of the molecule is CC(C)(CCC[C@H](C1CCC2[C@@H](O[Si](C)(C)C(C)(C)C)CCC[C@]12C)C(CC(O)C(C)(C)O)S(=O)(=O)c1ccccc1)O[Si](C)(C)C. The molecule has 9 heteroatoms. The molecular weight excluding hydrogens is 641 g/mol. The molecule has 2 fully saturated rings. The molecule has 6 nitrogen and oxygen atoms in total. The zero-order chi connectivity index (χ0) is 35.9. The summed E-state index contributed by atoms with van der Waals surface area (Å²) in [7, 11) is -7.61. The molecule has 0 saturated heterocycles. The van der Waals surface area contributed by atoms with Crippen LogP contribution in [-0.4, -0.2) is 63.9 Å². The van der Waals surface area contributed by atoms with E-state index in [9.17, 15) is 18.6 Å². The van der Waals surface area contributed by atoms with Crippen LogP contribution in [0.4, 0.5) is 0 Å². The van der Waals surface area contributed by atoms with E-state index in [2.05, 4.69) is 74.3 Å². The van der Waals surface area contributed by atoms with Gasteiger partial charge in [0, 0.05) is 6.10 Å². The van der Waals surface area contributed by atoms with Gasteiger partial charge in [-0.15, -0.1) is 0 Å². The molecule has 4 unspecified atom stereocenters. The van der Waals surface area contributed by atoms with Gasteiger partial charge in [-0.25, -0.2) is 8.42 Å². The van der Waals surface area contributed by atoms with Crippen molar-refractivity contribution < 1.29 is 27.5 Å².